The maximum Gasteiger partial charge on any atom is 0.220 e. The topological polar surface area (TPSA) is 56.8 Å². The number of hydrogen-bond donors (Lipinski definition) is 1. The zero-order valence-electron chi connectivity index (χ0n) is 15.1. The molecule has 0 aliphatic carbocycles. The van der Waals surface area contributed by atoms with Crippen molar-refractivity contribution < 1.29 is 19.0 Å². The van der Waals surface area contributed by atoms with Crippen LogP contribution in [0.15, 0.2) is 42.5 Å². The van der Waals surface area contributed by atoms with Gasteiger partial charge in [-0.1, -0.05) is 23.8 Å². The van der Waals surface area contributed by atoms with E-state index in [0.717, 1.165) is 29.2 Å². The highest BCUT2D eigenvalue weighted by atomic mass is 16.6. The summed E-state index contributed by atoms with van der Waals surface area (Å²) in [6.45, 7) is 4.36. The van der Waals surface area contributed by atoms with Crippen LogP contribution in [0.25, 0.3) is 0 Å². The second kappa shape index (κ2) is 9.13. The van der Waals surface area contributed by atoms with Crippen LogP contribution in [0.1, 0.15) is 24.0 Å². The van der Waals surface area contributed by atoms with Crippen molar-refractivity contribution in [3.63, 3.8) is 0 Å². The third-order valence-corrected chi connectivity index (χ3v) is 4.18. The Hall–Kier alpha value is -2.69. The highest BCUT2D eigenvalue weighted by molar-refractivity contribution is 5.75. The second-order valence-corrected chi connectivity index (χ2v) is 6.34. The third-order valence-electron chi connectivity index (χ3n) is 4.18. The van der Waals surface area contributed by atoms with E-state index in [2.05, 4.69) is 5.32 Å². The highest BCUT2D eigenvalue weighted by Crippen LogP contribution is 2.30. The maximum atomic E-state index is 11.9. The van der Waals surface area contributed by atoms with E-state index in [9.17, 15) is 4.79 Å². The van der Waals surface area contributed by atoms with E-state index in [1.54, 1.807) is 0 Å². The number of carbonyl (C=O) groups is 1. The Morgan fingerprint density at radius 2 is 1.85 bits per heavy atom. The van der Waals surface area contributed by atoms with Gasteiger partial charge in [0.25, 0.3) is 0 Å². The molecule has 2 aromatic rings. The summed E-state index contributed by atoms with van der Waals surface area (Å²) < 4.78 is 16.7. The fourth-order valence-corrected chi connectivity index (χ4v) is 2.74. The summed E-state index contributed by atoms with van der Waals surface area (Å²) in [4.78, 5) is 11.9. The van der Waals surface area contributed by atoms with Crippen molar-refractivity contribution in [2.45, 2.75) is 26.2 Å². The average Bonchev–Trinajstić information content (AvgIpc) is 2.66. The first-order valence-electron chi connectivity index (χ1n) is 9.05. The Labute approximate surface area is 154 Å². The van der Waals surface area contributed by atoms with Crippen molar-refractivity contribution in [1.82, 2.24) is 5.32 Å². The molecule has 1 aliphatic rings. The largest absolute Gasteiger partial charge is 0.494 e. The van der Waals surface area contributed by atoms with Gasteiger partial charge in [0.1, 0.15) is 19.0 Å². The number of carbonyl (C=O) groups excluding carboxylic acids is 1. The van der Waals surface area contributed by atoms with Gasteiger partial charge in [-0.3, -0.25) is 4.79 Å². The molecule has 0 spiro atoms. The summed E-state index contributed by atoms with van der Waals surface area (Å²) in [5.41, 5.74) is 2.33. The van der Waals surface area contributed by atoms with E-state index >= 15 is 0 Å². The molecule has 1 amide bonds. The lowest BCUT2D eigenvalue weighted by atomic mass is 10.1. The van der Waals surface area contributed by atoms with Crippen LogP contribution in [0, 0.1) is 6.92 Å². The van der Waals surface area contributed by atoms with Crippen molar-refractivity contribution >= 4 is 5.91 Å². The van der Waals surface area contributed by atoms with Gasteiger partial charge in [0, 0.05) is 13.0 Å². The van der Waals surface area contributed by atoms with Gasteiger partial charge in [0.2, 0.25) is 5.91 Å². The van der Waals surface area contributed by atoms with Crippen LogP contribution in [-0.2, 0) is 11.2 Å². The van der Waals surface area contributed by atoms with Crippen molar-refractivity contribution in [1.29, 1.82) is 0 Å². The standard InChI is InChI=1S/C21H25NO4/c1-16-4-7-18(8-5-16)24-12-2-3-21(23)22-11-10-17-6-9-19-20(15-17)26-14-13-25-19/h4-9,15H,2-3,10-14H2,1H3,(H,22,23). The van der Waals surface area contributed by atoms with E-state index in [1.807, 2.05) is 49.4 Å². The summed E-state index contributed by atoms with van der Waals surface area (Å²) in [6.07, 6.45) is 1.93. The smallest absolute Gasteiger partial charge is 0.220 e. The van der Waals surface area contributed by atoms with Crippen molar-refractivity contribution in [3.05, 3.63) is 53.6 Å². The summed E-state index contributed by atoms with van der Waals surface area (Å²) >= 11 is 0. The first-order chi connectivity index (χ1) is 12.7. The number of fused-ring (bicyclic) bond motifs is 1. The van der Waals surface area contributed by atoms with Crippen LogP contribution in [0.3, 0.4) is 0 Å². The van der Waals surface area contributed by atoms with Gasteiger partial charge in [-0.05, 0) is 49.6 Å². The Balaban J connectivity index is 1.31. The summed E-state index contributed by atoms with van der Waals surface area (Å²) in [5.74, 6) is 2.47. The van der Waals surface area contributed by atoms with Gasteiger partial charge in [-0.25, -0.2) is 0 Å². The summed E-state index contributed by atoms with van der Waals surface area (Å²) in [6, 6.07) is 13.8. The molecule has 1 heterocycles. The Morgan fingerprint density at radius 3 is 2.65 bits per heavy atom. The van der Waals surface area contributed by atoms with E-state index in [4.69, 9.17) is 14.2 Å². The molecular weight excluding hydrogens is 330 g/mol. The molecule has 0 saturated carbocycles. The van der Waals surface area contributed by atoms with E-state index < -0.39 is 0 Å². The van der Waals surface area contributed by atoms with Crippen LogP contribution in [-0.4, -0.2) is 32.3 Å². The molecule has 0 radical (unpaired) electrons. The molecule has 3 rings (SSSR count). The minimum absolute atomic E-state index is 0.0510. The van der Waals surface area contributed by atoms with E-state index in [1.165, 1.54) is 5.56 Å². The van der Waals surface area contributed by atoms with Crippen LogP contribution in [0.4, 0.5) is 0 Å². The highest BCUT2D eigenvalue weighted by Gasteiger charge is 2.11. The summed E-state index contributed by atoms with van der Waals surface area (Å²) in [7, 11) is 0. The Bertz CT molecular complexity index is 727. The summed E-state index contributed by atoms with van der Waals surface area (Å²) in [5, 5.41) is 2.95. The fraction of sp³-hybridized carbons (Fsp3) is 0.381. The van der Waals surface area contributed by atoms with Crippen LogP contribution >= 0.6 is 0 Å². The van der Waals surface area contributed by atoms with E-state index in [-0.39, 0.29) is 5.91 Å². The zero-order chi connectivity index (χ0) is 18.2. The van der Waals surface area contributed by atoms with E-state index in [0.29, 0.717) is 39.2 Å². The molecule has 0 atom stereocenters. The number of rotatable bonds is 8. The van der Waals surface area contributed by atoms with Crippen LogP contribution in [0.2, 0.25) is 0 Å². The molecule has 0 bridgehead atoms. The van der Waals surface area contributed by atoms with Gasteiger partial charge < -0.3 is 19.5 Å². The lowest BCUT2D eigenvalue weighted by Gasteiger charge is -2.18. The molecule has 1 N–H and O–H groups in total. The molecule has 0 aromatic heterocycles. The normalized spacial score (nSPS) is 12.5. The number of nitrogens with one attached hydrogen (secondary N) is 1. The average molecular weight is 355 g/mol. The molecule has 26 heavy (non-hydrogen) atoms. The first kappa shape index (κ1) is 18.1. The molecule has 2 aromatic carbocycles. The molecule has 0 unspecified atom stereocenters. The molecule has 5 heteroatoms. The predicted molar refractivity (Wildman–Crippen MR) is 100 cm³/mol. The third kappa shape index (κ3) is 5.41. The Morgan fingerprint density at radius 1 is 1.08 bits per heavy atom. The monoisotopic (exact) mass is 355 g/mol. The van der Waals surface area contributed by atoms with Gasteiger partial charge in [0.05, 0.1) is 6.61 Å². The van der Waals surface area contributed by atoms with Crippen molar-refractivity contribution in [3.8, 4) is 17.2 Å². The molecular formula is C21H25NO4. The zero-order valence-corrected chi connectivity index (χ0v) is 15.1. The van der Waals surface area contributed by atoms with Crippen LogP contribution < -0.4 is 19.5 Å². The minimum atomic E-state index is 0.0510. The fourth-order valence-electron chi connectivity index (χ4n) is 2.74. The molecule has 1 aliphatic heterocycles. The van der Waals surface area contributed by atoms with Gasteiger partial charge in [-0.15, -0.1) is 0 Å². The second-order valence-electron chi connectivity index (χ2n) is 6.34. The van der Waals surface area contributed by atoms with Gasteiger partial charge in [0.15, 0.2) is 11.5 Å². The van der Waals surface area contributed by atoms with Crippen LogP contribution in [0.5, 0.6) is 17.2 Å². The van der Waals surface area contributed by atoms with Crippen molar-refractivity contribution in [2.24, 2.45) is 0 Å². The lowest BCUT2D eigenvalue weighted by molar-refractivity contribution is -0.121. The first-order valence-corrected chi connectivity index (χ1v) is 9.05. The molecule has 138 valence electrons. The van der Waals surface area contributed by atoms with Gasteiger partial charge >= 0.3 is 0 Å². The number of amides is 1. The number of benzene rings is 2. The lowest BCUT2D eigenvalue weighted by Crippen LogP contribution is -2.25. The number of aryl methyl sites for hydroxylation is 1. The maximum absolute atomic E-state index is 11.9. The number of hydrogen-bond acceptors (Lipinski definition) is 4. The number of ether oxygens (including phenoxy) is 3. The predicted octanol–water partition coefficient (Wildman–Crippen LogP) is 3.28. The molecule has 5 nitrogen and oxygen atoms in total. The quantitative estimate of drug-likeness (QED) is 0.739. The minimum Gasteiger partial charge on any atom is -0.494 e. The van der Waals surface area contributed by atoms with Gasteiger partial charge in [-0.2, -0.15) is 0 Å². The SMILES string of the molecule is Cc1ccc(OCCCC(=O)NCCc2ccc3c(c2)OCCO3)cc1. The van der Waals surface area contributed by atoms with Crippen molar-refractivity contribution in [2.75, 3.05) is 26.4 Å². The Kier molecular flexibility index (Phi) is 6.36. The molecule has 0 fully saturated rings. The molecule has 0 saturated heterocycles.